The third kappa shape index (κ3) is 3.38. The average Bonchev–Trinajstić information content (AvgIpc) is 2.39. The Kier molecular flexibility index (Phi) is 4.27. The summed E-state index contributed by atoms with van der Waals surface area (Å²) in [5, 5.41) is 0.369. The van der Waals surface area contributed by atoms with Crippen LogP contribution in [-0.2, 0) is 13.0 Å². The van der Waals surface area contributed by atoms with E-state index in [1.54, 1.807) is 12.1 Å². The number of nitrogen functional groups attached to an aromatic ring is 1. The van der Waals surface area contributed by atoms with Crippen molar-refractivity contribution in [3.8, 4) is 5.75 Å². The van der Waals surface area contributed by atoms with Crippen molar-refractivity contribution in [1.82, 2.24) is 0 Å². The topological polar surface area (TPSA) is 35.2 Å². The molecule has 0 bridgehead atoms. The highest BCUT2D eigenvalue weighted by molar-refractivity contribution is 6.30. The first-order chi connectivity index (χ1) is 9.10. The lowest BCUT2D eigenvalue weighted by molar-refractivity contribution is 0.301. The van der Waals surface area contributed by atoms with E-state index in [1.807, 2.05) is 18.2 Å². The number of hydrogen-bond donors (Lipinski definition) is 1. The molecule has 2 nitrogen and oxygen atoms in total. The second-order valence-electron chi connectivity index (χ2n) is 4.25. The Morgan fingerprint density at radius 2 is 2.00 bits per heavy atom. The first kappa shape index (κ1) is 13.7. The fraction of sp³-hybridized carbons (Fsp3) is 0.200. The molecule has 4 heteroatoms. The minimum Gasteiger partial charge on any atom is -0.487 e. The van der Waals surface area contributed by atoms with Gasteiger partial charge in [0.1, 0.15) is 18.2 Å². The number of anilines is 1. The smallest absolute Gasteiger partial charge is 0.142 e. The zero-order valence-electron chi connectivity index (χ0n) is 10.6. The van der Waals surface area contributed by atoms with Crippen molar-refractivity contribution in [2.75, 3.05) is 5.73 Å². The van der Waals surface area contributed by atoms with Crippen LogP contribution in [0.3, 0.4) is 0 Å². The maximum Gasteiger partial charge on any atom is 0.142 e. The zero-order chi connectivity index (χ0) is 13.8. The number of aryl methyl sites for hydroxylation is 1. The second-order valence-corrected chi connectivity index (χ2v) is 4.69. The van der Waals surface area contributed by atoms with Gasteiger partial charge in [-0.25, -0.2) is 4.39 Å². The highest BCUT2D eigenvalue weighted by Crippen LogP contribution is 2.24. The van der Waals surface area contributed by atoms with E-state index in [-0.39, 0.29) is 12.4 Å². The molecule has 2 rings (SSSR count). The van der Waals surface area contributed by atoms with Gasteiger partial charge >= 0.3 is 0 Å². The largest absolute Gasteiger partial charge is 0.487 e. The van der Waals surface area contributed by atoms with E-state index in [2.05, 4.69) is 6.92 Å². The molecule has 19 heavy (non-hydrogen) atoms. The number of rotatable bonds is 4. The predicted octanol–water partition coefficient (Wildman–Crippen LogP) is 4.20. The molecule has 2 aromatic rings. The van der Waals surface area contributed by atoms with Crippen molar-refractivity contribution in [1.29, 1.82) is 0 Å². The normalized spacial score (nSPS) is 10.5. The summed E-state index contributed by atoms with van der Waals surface area (Å²) in [5.41, 5.74) is 8.04. The number of ether oxygens (including phenoxy) is 1. The van der Waals surface area contributed by atoms with E-state index >= 15 is 0 Å². The van der Waals surface area contributed by atoms with Gasteiger partial charge in [-0.3, -0.25) is 0 Å². The Hall–Kier alpha value is -1.74. The standard InChI is InChI=1S/C15H15ClFNO/c1-2-10-3-6-15(14(18)7-10)19-9-11-4-5-12(16)8-13(11)17/h3-8H,2,9,18H2,1H3. The third-order valence-electron chi connectivity index (χ3n) is 2.88. The SMILES string of the molecule is CCc1ccc(OCc2ccc(Cl)cc2F)c(N)c1. The molecule has 0 amide bonds. The minimum atomic E-state index is -0.378. The lowest BCUT2D eigenvalue weighted by atomic mass is 10.1. The summed E-state index contributed by atoms with van der Waals surface area (Å²) >= 11 is 5.69. The number of halogens is 2. The predicted molar refractivity (Wildman–Crippen MR) is 76.0 cm³/mol. The van der Waals surface area contributed by atoms with Gasteiger partial charge in [0.2, 0.25) is 0 Å². The van der Waals surface area contributed by atoms with Gasteiger partial charge in [-0.1, -0.05) is 30.7 Å². The maximum atomic E-state index is 13.6. The van der Waals surface area contributed by atoms with Crippen LogP contribution >= 0.6 is 11.6 Å². The Balaban J connectivity index is 2.10. The Labute approximate surface area is 117 Å². The van der Waals surface area contributed by atoms with Gasteiger partial charge in [-0.15, -0.1) is 0 Å². The molecule has 0 saturated carbocycles. The summed E-state index contributed by atoms with van der Waals surface area (Å²) in [4.78, 5) is 0. The molecule has 0 aromatic heterocycles. The first-order valence-electron chi connectivity index (χ1n) is 6.05. The molecule has 0 spiro atoms. The molecule has 0 saturated heterocycles. The van der Waals surface area contributed by atoms with Crippen LogP contribution in [-0.4, -0.2) is 0 Å². The summed E-state index contributed by atoms with van der Waals surface area (Å²) in [6.45, 7) is 2.18. The van der Waals surface area contributed by atoms with E-state index in [1.165, 1.54) is 6.07 Å². The Bertz CT molecular complexity index is 586. The van der Waals surface area contributed by atoms with Crippen molar-refractivity contribution in [3.63, 3.8) is 0 Å². The van der Waals surface area contributed by atoms with Crippen molar-refractivity contribution < 1.29 is 9.13 Å². The summed E-state index contributed by atoms with van der Waals surface area (Å²) < 4.78 is 19.1. The number of hydrogen-bond acceptors (Lipinski definition) is 2. The summed E-state index contributed by atoms with van der Waals surface area (Å²) in [6.07, 6.45) is 0.913. The van der Waals surface area contributed by atoms with Gasteiger partial charge in [0.25, 0.3) is 0 Å². The second kappa shape index (κ2) is 5.93. The van der Waals surface area contributed by atoms with Crippen LogP contribution in [0.15, 0.2) is 36.4 Å². The van der Waals surface area contributed by atoms with Crippen LogP contribution in [0.25, 0.3) is 0 Å². The summed E-state index contributed by atoms with van der Waals surface area (Å²) in [5.74, 6) is 0.183. The van der Waals surface area contributed by atoms with E-state index in [4.69, 9.17) is 22.1 Å². The third-order valence-corrected chi connectivity index (χ3v) is 3.12. The molecule has 0 fully saturated rings. The molecule has 0 atom stereocenters. The lowest BCUT2D eigenvalue weighted by Crippen LogP contribution is -2.01. The van der Waals surface area contributed by atoms with Crippen molar-refractivity contribution >= 4 is 17.3 Å². The van der Waals surface area contributed by atoms with Gasteiger partial charge < -0.3 is 10.5 Å². The van der Waals surface area contributed by atoms with Crippen LogP contribution in [0.1, 0.15) is 18.1 Å². The molecule has 2 N–H and O–H groups in total. The van der Waals surface area contributed by atoms with Crippen molar-refractivity contribution in [3.05, 3.63) is 58.4 Å². The molecule has 100 valence electrons. The quantitative estimate of drug-likeness (QED) is 0.851. The monoisotopic (exact) mass is 279 g/mol. The van der Waals surface area contributed by atoms with Gasteiger partial charge in [-0.05, 0) is 36.2 Å². The van der Waals surface area contributed by atoms with Gasteiger partial charge in [0.05, 0.1) is 5.69 Å². The molecule has 0 aliphatic rings. The van der Waals surface area contributed by atoms with E-state index in [0.717, 1.165) is 12.0 Å². The highest BCUT2D eigenvalue weighted by atomic mass is 35.5. The van der Waals surface area contributed by atoms with Crippen molar-refractivity contribution in [2.45, 2.75) is 20.0 Å². The van der Waals surface area contributed by atoms with E-state index in [0.29, 0.717) is 22.0 Å². The maximum absolute atomic E-state index is 13.6. The molecule has 2 aromatic carbocycles. The Morgan fingerprint density at radius 3 is 2.63 bits per heavy atom. The highest BCUT2D eigenvalue weighted by Gasteiger charge is 2.06. The molecule has 0 radical (unpaired) electrons. The fourth-order valence-corrected chi connectivity index (χ4v) is 1.90. The molecule has 0 aliphatic carbocycles. The number of benzene rings is 2. The van der Waals surface area contributed by atoms with E-state index < -0.39 is 0 Å². The molecule has 0 aliphatic heterocycles. The van der Waals surface area contributed by atoms with Crippen LogP contribution < -0.4 is 10.5 Å². The van der Waals surface area contributed by atoms with Crippen LogP contribution in [0.2, 0.25) is 5.02 Å². The average molecular weight is 280 g/mol. The van der Waals surface area contributed by atoms with Crippen LogP contribution in [0.5, 0.6) is 5.75 Å². The van der Waals surface area contributed by atoms with Gasteiger partial charge in [0.15, 0.2) is 0 Å². The van der Waals surface area contributed by atoms with Crippen LogP contribution in [0, 0.1) is 5.82 Å². The molecular weight excluding hydrogens is 265 g/mol. The minimum absolute atomic E-state index is 0.124. The van der Waals surface area contributed by atoms with E-state index in [9.17, 15) is 4.39 Å². The first-order valence-corrected chi connectivity index (χ1v) is 6.43. The van der Waals surface area contributed by atoms with Gasteiger partial charge in [0, 0.05) is 10.6 Å². The van der Waals surface area contributed by atoms with Crippen LogP contribution in [0.4, 0.5) is 10.1 Å². The molecule has 0 heterocycles. The summed E-state index contributed by atoms with van der Waals surface area (Å²) in [7, 11) is 0. The summed E-state index contributed by atoms with van der Waals surface area (Å²) in [6, 6.07) is 10.1. The lowest BCUT2D eigenvalue weighted by Gasteiger charge is -2.10. The van der Waals surface area contributed by atoms with Crippen molar-refractivity contribution in [2.24, 2.45) is 0 Å². The Morgan fingerprint density at radius 1 is 1.21 bits per heavy atom. The fourth-order valence-electron chi connectivity index (χ4n) is 1.74. The molecule has 0 unspecified atom stereocenters. The zero-order valence-corrected chi connectivity index (χ0v) is 11.4. The van der Waals surface area contributed by atoms with Gasteiger partial charge in [-0.2, -0.15) is 0 Å². The number of nitrogens with two attached hydrogens (primary N) is 1. The molecular formula is C15H15ClFNO.